The number of nitro groups is 1. The molecule has 0 amide bonds. The molecule has 0 spiro atoms. The first-order valence-corrected chi connectivity index (χ1v) is 9.68. The van der Waals surface area contributed by atoms with Crippen LogP contribution in [0.1, 0.15) is 25.0 Å². The molecule has 0 fully saturated rings. The third-order valence-electron chi connectivity index (χ3n) is 4.31. The van der Waals surface area contributed by atoms with Crippen LogP contribution in [0, 0.1) is 10.1 Å². The van der Waals surface area contributed by atoms with Crippen LogP contribution in [0.2, 0.25) is 0 Å². The van der Waals surface area contributed by atoms with Gasteiger partial charge < -0.3 is 20.1 Å². The van der Waals surface area contributed by atoms with E-state index in [4.69, 9.17) is 9.47 Å². The Morgan fingerprint density at radius 2 is 1.79 bits per heavy atom. The predicted molar refractivity (Wildman–Crippen MR) is 112 cm³/mol. The molecule has 0 aromatic heterocycles. The van der Waals surface area contributed by atoms with Gasteiger partial charge in [0.25, 0.3) is 5.69 Å². The average Bonchev–Trinajstić information content (AvgIpc) is 2.71. The maximum Gasteiger partial charge on any atom is 0.269 e. The van der Waals surface area contributed by atoms with E-state index in [1.807, 2.05) is 32.0 Å². The number of fused-ring (bicyclic) bond motifs is 1. The van der Waals surface area contributed by atoms with Crippen LogP contribution >= 0.6 is 0 Å². The van der Waals surface area contributed by atoms with E-state index in [0.717, 1.165) is 29.0 Å². The van der Waals surface area contributed by atoms with Crippen LogP contribution in [0.4, 0.5) is 5.69 Å². The summed E-state index contributed by atoms with van der Waals surface area (Å²) in [6.45, 7) is 6.39. The molecule has 0 radical (unpaired) electrons. The summed E-state index contributed by atoms with van der Waals surface area (Å²) in [5.41, 5.74) is 2.14. The highest BCUT2D eigenvalue weighted by Crippen LogP contribution is 2.30. The molecule has 8 nitrogen and oxygen atoms in total. The lowest BCUT2D eigenvalue weighted by atomic mass is 10.1. The number of rotatable bonds is 7. The zero-order valence-corrected chi connectivity index (χ0v) is 16.7. The number of nitrogens with one attached hydrogen (secondary N) is 2. The van der Waals surface area contributed by atoms with Gasteiger partial charge in [0.2, 0.25) is 0 Å². The van der Waals surface area contributed by atoms with Gasteiger partial charge in [-0.1, -0.05) is 18.2 Å². The first kappa shape index (κ1) is 20.4. The van der Waals surface area contributed by atoms with Crippen molar-refractivity contribution in [3.63, 3.8) is 0 Å². The summed E-state index contributed by atoms with van der Waals surface area (Å²) >= 11 is 0. The van der Waals surface area contributed by atoms with Gasteiger partial charge in [-0.05, 0) is 43.5 Å². The van der Waals surface area contributed by atoms with Crippen molar-refractivity contribution in [2.24, 2.45) is 4.99 Å². The first-order valence-electron chi connectivity index (χ1n) is 9.68. The number of benzene rings is 2. The van der Waals surface area contributed by atoms with Gasteiger partial charge in [-0.15, -0.1) is 0 Å². The number of guanidine groups is 1. The van der Waals surface area contributed by atoms with Crippen molar-refractivity contribution in [1.82, 2.24) is 10.6 Å². The van der Waals surface area contributed by atoms with Crippen molar-refractivity contribution in [2.75, 3.05) is 19.8 Å². The maximum absolute atomic E-state index is 10.8. The zero-order valence-electron chi connectivity index (χ0n) is 16.7. The highest BCUT2D eigenvalue weighted by atomic mass is 16.6. The van der Waals surface area contributed by atoms with Crippen LogP contribution in [0.5, 0.6) is 11.5 Å². The molecule has 0 bridgehead atoms. The Balaban J connectivity index is 1.57. The van der Waals surface area contributed by atoms with Gasteiger partial charge in [0.15, 0.2) is 17.5 Å². The van der Waals surface area contributed by atoms with Crippen LogP contribution in [0.25, 0.3) is 0 Å². The van der Waals surface area contributed by atoms with Crippen molar-refractivity contribution in [2.45, 2.75) is 32.9 Å². The van der Waals surface area contributed by atoms with Gasteiger partial charge in [-0.25, -0.2) is 4.99 Å². The minimum atomic E-state index is -0.405. The summed E-state index contributed by atoms with van der Waals surface area (Å²) in [5, 5.41) is 17.4. The third kappa shape index (κ3) is 6.10. The lowest BCUT2D eigenvalue weighted by Gasteiger charge is -2.19. The van der Waals surface area contributed by atoms with Gasteiger partial charge in [0, 0.05) is 24.7 Å². The van der Waals surface area contributed by atoms with E-state index in [-0.39, 0.29) is 11.7 Å². The summed E-state index contributed by atoms with van der Waals surface area (Å²) in [6, 6.07) is 12.7. The van der Waals surface area contributed by atoms with E-state index in [1.165, 1.54) is 12.1 Å². The molecule has 0 saturated heterocycles. The molecule has 8 heteroatoms. The Kier molecular flexibility index (Phi) is 6.89. The van der Waals surface area contributed by atoms with Crippen molar-refractivity contribution in [3.8, 4) is 11.5 Å². The minimum Gasteiger partial charge on any atom is -0.486 e. The predicted octanol–water partition coefficient (Wildman–Crippen LogP) is 3.05. The Labute approximate surface area is 170 Å². The van der Waals surface area contributed by atoms with E-state index in [1.54, 1.807) is 12.1 Å². The average molecular weight is 398 g/mol. The summed E-state index contributed by atoms with van der Waals surface area (Å²) in [6.07, 6.45) is 0.812. The number of hydrogen-bond acceptors (Lipinski definition) is 5. The number of hydrogen-bond donors (Lipinski definition) is 2. The number of non-ortho nitro benzene ring substituents is 1. The molecule has 0 saturated carbocycles. The summed E-state index contributed by atoms with van der Waals surface area (Å²) in [4.78, 5) is 14.9. The summed E-state index contributed by atoms with van der Waals surface area (Å²) in [5.74, 6) is 2.29. The molecule has 2 N–H and O–H groups in total. The molecule has 0 aliphatic carbocycles. The number of nitro benzene ring substituents is 1. The molecule has 0 unspecified atom stereocenters. The largest absolute Gasteiger partial charge is 0.486 e. The lowest BCUT2D eigenvalue weighted by Crippen LogP contribution is -2.41. The van der Waals surface area contributed by atoms with Gasteiger partial charge in [0.05, 0.1) is 11.5 Å². The van der Waals surface area contributed by atoms with Crippen molar-refractivity contribution in [3.05, 3.63) is 63.7 Å². The molecule has 1 aliphatic heterocycles. The van der Waals surface area contributed by atoms with E-state index in [9.17, 15) is 10.1 Å². The number of aliphatic imine (C=N–C) groups is 1. The van der Waals surface area contributed by atoms with Gasteiger partial charge in [-0.3, -0.25) is 10.1 Å². The monoisotopic (exact) mass is 398 g/mol. The van der Waals surface area contributed by atoms with E-state index < -0.39 is 4.92 Å². The van der Waals surface area contributed by atoms with E-state index in [2.05, 4.69) is 15.6 Å². The van der Waals surface area contributed by atoms with Crippen LogP contribution in [0.3, 0.4) is 0 Å². The Bertz CT molecular complexity index is 865. The van der Waals surface area contributed by atoms with Crippen LogP contribution in [0.15, 0.2) is 47.5 Å². The first-order chi connectivity index (χ1) is 14.0. The second-order valence-electron chi connectivity index (χ2n) is 7.04. The highest BCUT2D eigenvalue weighted by Gasteiger charge is 2.11. The standard InChI is InChI=1S/C21H26N4O4/c1-15(2)24-21(23-14-17-3-6-18(7-4-17)25(26)27)22-10-9-16-5-8-19-20(13-16)29-12-11-28-19/h3-8,13,15H,9-12,14H2,1-2H3,(H2,22,23,24). The third-order valence-corrected chi connectivity index (χ3v) is 4.31. The van der Waals surface area contributed by atoms with E-state index >= 15 is 0 Å². The Morgan fingerprint density at radius 3 is 2.48 bits per heavy atom. The SMILES string of the molecule is CC(C)NC(=NCc1ccc([N+](=O)[O-])cc1)NCCc1ccc2c(c1)OCCO2. The fraction of sp³-hybridized carbons (Fsp3) is 0.381. The van der Waals surface area contributed by atoms with E-state index in [0.29, 0.717) is 32.3 Å². The molecule has 3 rings (SSSR count). The molecule has 2 aromatic rings. The minimum absolute atomic E-state index is 0.0795. The molecular formula is C21H26N4O4. The molecule has 2 aromatic carbocycles. The normalized spacial score (nSPS) is 13.3. The summed E-state index contributed by atoms with van der Waals surface area (Å²) < 4.78 is 11.2. The highest BCUT2D eigenvalue weighted by molar-refractivity contribution is 5.80. The fourth-order valence-corrected chi connectivity index (χ4v) is 2.89. The quantitative estimate of drug-likeness (QED) is 0.322. The van der Waals surface area contributed by atoms with Crippen LogP contribution in [-0.2, 0) is 13.0 Å². The van der Waals surface area contributed by atoms with Gasteiger partial charge >= 0.3 is 0 Å². The van der Waals surface area contributed by atoms with Crippen molar-refractivity contribution >= 4 is 11.6 Å². The van der Waals surface area contributed by atoms with Gasteiger partial charge in [0.1, 0.15) is 13.2 Å². The number of ether oxygens (including phenoxy) is 2. The second-order valence-corrected chi connectivity index (χ2v) is 7.04. The summed E-state index contributed by atoms with van der Waals surface area (Å²) in [7, 11) is 0. The maximum atomic E-state index is 10.8. The number of nitrogens with zero attached hydrogens (tertiary/aromatic N) is 2. The Hall–Kier alpha value is -3.29. The van der Waals surface area contributed by atoms with Crippen molar-refractivity contribution in [1.29, 1.82) is 0 Å². The molecular weight excluding hydrogens is 372 g/mol. The molecule has 1 heterocycles. The van der Waals surface area contributed by atoms with Crippen LogP contribution in [-0.4, -0.2) is 36.7 Å². The molecule has 154 valence electrons. The van der Waals surface area contributed by atoms with Gasteiger partial charge in [-0.2, -0.15) is 0 Å². The Morgan fingerprint density at radius 1 is 1.10 bits per heavy atom. The second kappa shape index (κ2) is 9.77. The smallest absolute Gasteiger partial charge is 0.269 e. The van der Waals surface area contributed by atoms with Crippen LogP contribution < -0.4 is 20.1 Å². The molecule has 29 heavy (non-hydrogen) atoms. The lowest BCUT2D eigenvalue weighted by molar-refractivity contribution is -0.384. The fourth-order valence-electron chi connectivity index (χ4n) is 2.89. The topological polar surface area (TPSA) is 98.0 Å². The molecule has 1 aliphatic rings. The van der Waals surface area contributed by atoms with Crippen molar-refractivity contribution < 1.29 is 14.4 Å². The zero-order chi connectivity index (χ0) is 20.6. The molecule has 0 atom stereocenters.